The van der Waals surface area contributed by atoms with Crippen LogP contribution in [0.3, 0.4) is 0 Å². The topological polar surface area (TPSA) is 59.4 Å². The molecule has 2 fully saturated rings. The summed E-state index contributed by atoms with van der Waals surface area (Å²) in [6, 6.07) is 6.04. The smallest absolute Gasteiger partial charge is 0.269 e. The number of ether oxygens (including phenoxy) is 1. The van der Waals surface area contributed by atoms with Crippen LogP contribution in [-0.2, 0) is 18.3 Å². The van der Waals surface area contributed by atoms with Gasteiger partial charge >= 0.3 is 0 Å². The van der Waals surface area contributed by atoms with E-state index in [4.69, 9.17) is 4.74 Å². The third-order valence-electron chi connectivity index (χ3n) is 5.37. The number of nitrogens with one attached hydrogen (secondary N) is 1. The number of carbonyl (C=O) groups excluding carboxylic acids is 1. The van der Waals surface area contributed by atoms with Crippen molar-refractivity contribution in [3.05, 3.63) is 40.3 Å². The summed E-state index contributed by atoms with van der Waals surface area (Å²) in [5.41, 5.74) is 0.609. The SMILES string of the molecule is Cn1nccc1C(=O)NCC[C@@H]1CCOC12CN(Cc1cccs1)C2. The molecular formula is C18H24N4O2S. The van der Waals surface area contributed by atoms with Crippen molar-refractivity contribution in [3.8, 4) is 0 Å². The van der Waals surface area contributed by atoms with Crippen molar-refractivity contribution in [3.63, 3.8) is 0 Å². The molecule has 2 saturated heterocycles. The Hall–Kier alpha value is -1.70. The largest absolute Gasteiger partial charge is 0.372 e. The third-order valence-corrected chi connectivity index (χ3v) is 6.23. The molecule has 2 aromatic heterocycles. The molecule has 0 radical (unpaired) electrons. The monoisotopic (exact) mass is 360 g/mol. The van der Waals surface area contributed by atoms with Crippen molar-refractivity contribution in [2.45, 2.75) is 25.0 Å². The first-order valence-corrected chi connectivity index (χ1v) is 9.69. The Balaban J connectivity index is 1.25. The minimum atomic E-state index is -0.0547. The molecule has 6 nitrogen and oxygen atoms in total. The Bertz CT molecular complexity index is 721. The van der Waals surface area contributed by atoms with E-state index in [2.05, 4.69) is 32.8 Å². The van der Waals surface area contributed by atoms with Crippen LogP contribution < -0.4 is 5.32 Å². The fourth-order valence-corrected chi connectivity index (χ4v) is 4.78. The van der Waals surface area contributed by atoms with Gasteiger partial charge in [-0.3, -0.25) is 14.4 Å². The second-order valence-corrected chi connectivity index (χ2v) is 8.04. The molecule has 1 atom stereocenters. The second-order valence-electron chi connectivity index (χ2n) is 7.01. The molecule has 1 N–H and O–H groups in total. The van der Waals surface area contributed by atoms with E-state index in [0.29, 0.717) is 18.2 Å². The summed E-state index contributed by atoms with van der Waals surface area (Å²) in [6.45, 7) is 4.56. The van der Waals surface area contributed by atoms with Gasteiger partial charge in [0.25, 0.3) is 5.91 Å². The summed E-state index contributed by atoms with van der Waals surface area (Å²) in [5, 5.41) is 9.19. The van der Waals surface area contributed by atoms with Crippen molar-refractivity contribution in [2.75, 3.05) is 26.2 Å². The lowest BCUT2D eigenvalue weighted by molar-refractivity contribution is -0.136. The zero-order valence-electron chi connectivity index (χ0n) is 14.5. The highest BCUT2D eigenvalue weighted by Gasteiger charge is 2.52. The van der Waals surface area contributed by atoms with Crippen LogP contribution >= 0.6 is 11.3 Å². The number of likely N-dealkylation sites (tertiary alicyclic amines) is 1. The molecule has 2 aliphatic heterocycles. The van der Waals surface area contributed by atoms with Gasteiger partial charge in [-0.15, -0.1) is 11.3 Å². The molecule has 25 heavy (non-hydrogen) atoms. The highest BCUT2D eigenvalue weighted by Crippen LogP contribution is 2.42. The fourth-order valence-electron chi connectivity index (χ4n) is 4.03. The summed E-state index contributed by atoms with van der Waals surface area (Å²) in [4.78, 5) is 16.0. The summed E-state index contributed by atoms with van der Waals surface area (Å²) in [5.74, 6) is 0.472. The minimum absolute atomic E-state index is 0.00845. The molecule has 4 heterocycles. The minimum Gasteiger partial charge on any atom is -0.372 e. The van der Waals surface area contributed by atoms with E-state index in [1.807, 2.05) is 11.3 Å². The molecule has 0 bridgehead atoms. The van der Waals surface area contributed by atoms with Gasteiger partial charge in [0.1, 0.15) is 5.69 Å². The molecule has 1 amide bonds. The fraction of sp³-hybridized carbons (Fsp3) is 0.556. The average Bonchev–Trinajstić information content (AvgIpc) is 3.28. The molecule has 0 aliphatic carbocycles. The summed E-state index contributed by atoms with van der Waals surface area (Å²) in [6.07, 6.45) is 3.70. The first kappa shape index (κ1) is 16.8. The molecule has 134 valence electrons. The number of hydrogen-bond acceptors (Lipinski definition) is 5. The molecule has 0 aromatic carbocycles. The van der Waals surface area contributed by atoms with Gasteiger partial charge in [-0.25, -0.2) is 0 Å². The molecule has 2 aromatic rings. The second kappa shape index (κ2) is 6.90. The van der Waals surface area contributed by atoms with Crippen LogP contribution in [0, 0.1) is 5.92 Å². The van der Waals surface area contributed by atoms with Gasteiger partial charge in [0.05, 0.1) is 5.60 Å². The molecule has 4 rings (SSSR count). The van der Waals surface area contributed by atoms with Crippen LogP contribution in [0.1, 0.15) is 28.2 Å². The summed E-state index contributed by atoms with van der Waals surface area (Å²) in [7, 11) is 1.78. The number of thiophene rings is 1. The first-order valence-electron chi connectivity index (χ1n) is 8.81. The van der Waals surface area contributed by atoms with Crippen LogP contribution in [0.5, 0.6) is 0 Å². The van der Waals surface area contributed by atoms with Crippen molar-refractivity contribution in [2.24, 2.45) is 13.0 Å². The normalized spacial score (nSPS) is 22.2. The summed E-state index contributed by atoms with van der Waals surface area (Å²) < 4.78 is 7.72. The summed E-state index contributed by atoms with van der Waals surface area (Å²) >= 11 is 1.81. The highest BCUT2D eigenvalue weighted by molar-refractivity contribution is 7.09. The van der Waals surface area contributed by atoms with Gasteiger partial charge < -0.3 is 10.1 Å². The van der Waals surface area contributed by atoms with Crippen molar-refractivity contribution in [1.29, 1.82) is 0 Å². The Morgan fingerprint density at radius 3 is 3.08 bits per heavy atom. The zero-order valence-corrected chi connectivity index (χ0v) is 15.3. The van der Waals surface area contributed by atoms with Gasteiger partial charge in [-0.05, 0) is 36.3 Å². The predicted molar refractivity (Wildman–Crippen MR) is 96.5 cm³/mol. The van der Waals surface area contributed by atoms with E-state index in [9.17, 15) is 4.79 Å². The maximum Gasteiger partial charge on any atom is 0.269 e. The molecule has 0 unspecified atom stereocenters. The average molecular weight is 360 g/mol. The Morgan fingerprint density at radius 2 is 2.36 bits per heavy atom. The number of rotatable bonds is 6. The van der Waals surface area contributed by atoms with Crippen LogP contribution in [0.4, 0.5) is 0 Å². The van der Waals surface area contributed by atoms with E-state index in [1.54, 1.807) is 24.0 Å². The molecule has 1 spiro atoms. The quantitative estimate of drug-likeness (QED) is 0.855. The van der Waals surface area contributed by atoms with Gasteiger partial charge in [0.15, 0.2) is 0 Å². The number of hydrogen-bond donors (Lipinski definition) is 1. The van der Waals surface area contributed by atoms with Crippen LogP contribution in [0.25, 0.3) is 0 Å². The zero-order chi connectivity index (χ0) is 17.3. The van der Waals surface area contributed by atoms with Crippen LogP contribution in [0.15, 0.2) is 29.8 Å². The number of aromatic nitrogens is 2. The lowest BCUT2D eigenvalue weighted by atomic mass is 9.79. The van der Waals surface area contributed by atoms with Crippen molar-refractivity contribution < 1.29 is 9.53 Å². The van der Waals surface area contributed by atoms with E-state index >= 15 is 0 Å². The Labute approximate surface area is 151 Å². The highest BCUT2D eigenvalue weighted by atomic mass is 32.1. The lowest BCUT2D eigenvalue weighted by Gasteiger charge is -2.50. The number of amides is 1. The standard InChI is InChI=1S/C18H24N4O2S/c1-21-16(5-8-20-21)17(23)19-7-4-14-6-9-24-18(14)12-22(13-18)11-15-3-2-10-25-15/h2-3,5,8,10,14H,4,6-7,9,11-13H2,1H3,(H,19,23)/t14-/m1/s1. The molecule has 2 aliphatic rings. The van der Waals surface area contributed by atoms with Gasteiger partial charge in [-0.1, -0.05) is 6.07 Å². The third kappa shape index (κ3) is 3.36. The Morgan fingerprint density at radius 1 is 1.48 bits per heavy atom. The van der Waals surface area contributed by atoms with E-state index in [1.165, 1.54) is 4.88 Å². The number of aryl methyl sites for hydroxylation is 1. The van der Waals surface area contributed by atoms with Gasteiger partial charge in [-0.2, -0.15) is 5.10 Å². The van der Waals surface area contributed by atoms with Crippen molar-refractivity contribution in [1.82, 2.24) is 20.0 Å². The maximum absolute atomic E-state index is 12.2. The number of carbonyl (C=O) groups is 1. The molecule has 7 heteroatoms. The van der Waals surface area contributed by atoms with Crippen molar-refractivity contribution >= 4 is 17.2 Å². The van der Waals surface area contributed by atoms with E-state index < -0.39 is 0 Å². The lowest BCUT2D eigenvalue weighted by Crippen LogP contribution is -2.64. The van der Waals surface area contributed by atoms with Gasteiger partial charge in [0, 0.05) is 50.9 Å². The van der Waals surface area contributed by atoms with Crippen LogP contribution in [-0.4, -0.2) is 52.4 Å². The number of nitrogens with zero attached hydrogens (tertiary/aromatic N) is 3. The maximum atomic E-state index is 12.2. The first-order chi connectivity index (χ1) is 12.2. The van der Waals surface area contributed by atoms with Crippen LogP contribution in [0.2, 0.25) is 0 Å². The van der Waals surface area contributed by atoms with E-state index in [-0.39, 0.29) is 11.5 Å². The molecule has 0 saturated carbocycles. The van der Waals surface area contributed by atoms with Gasteiger partial charge in [0.2, 0.25) is 0 Å². The Kier molecular flexibility index (Phi) is 4.62. The molecular weight excluding hydrogens is 336 g/mol. The van der Waals surface area contributed by atoms with E-state index in [0.717, 1.165) is 39.1 Å². The predicted octanol–water partition coefficient (Wildman–Crippen LogP) is 1.89.